The summed E-state index contributed by atoms with van der Waals surface area (Å²) in [5, 5.41) is 6.53. The Bertz CT molecular complexity index is 581. The van der Waals surface area contributed by atoms with Crippen molar-refractivity contribution in [2.75, 3.05) is 12.3 Å². The van der Waals surface area contributed by atoms with E-state index in [1.807, 2.05) is 12.1 Å². The zero-order valence-electron chi connectivity index (χ0n) is 11.3. The Morgan fingerprint density at radius 1 is 1.45 bits per heavy atom. The van der Waals surface area contributed by atoms with Gasteiger partial charge in [0, 0.05) is 6.07 Å². The number of hydrogen-bond acceptors (Lipinski definition) is 5. The average Bonchev–Trinajstić information content (AvgIpc) is 2.84. The molecular formula is C14H17N3O3. The zero-order valence-corrected chi connectivity index (χ0v) is 11.3. The van der Waals surface area contributed by atoms with Crippen LogP contribution in [0.25, 0.3) is 0 Å². The Hall–Kier alpha value is -2.50. The Morgan fingerprint density at radius 2 is 2.25 bits per heavy atom. The summed E-state index contributed by atoms with van der Waals surface area (Å²) >= 11 is 0. The quantitative estimate of drug-likeness (QED) is 0.782. The molecule has 1 heterocycles. The van der Waals surface area contributed by atoms with Crippen LogP contribution in [0.2, 0.25) is 0 Å². The number of carbonyl (C=O) groups excluding carboxylic acids is 1. The summed E-state index contributed by atoms with van der Waals surface area (Å²) in [6, 6.07) is 8.96. The van der Waals surface area contributed by atoms with Gasteiger partial charge in [0.05, 0.1) is 25.3 Å². The van der Waals surface area contributed by atoms with Gasteiger partial charge in [-0.3, -0.25) is 4.79 Å². The van der Waals surface area contributed by atoms with E-state index in [2.05, 4.69) is 10.5 Å². The summed E-state index contributed by atoms with van der Waals surface area (Å²) < 4.78 is 10.4. The van der Waals surface area contributed by atoms with Crippen molar-refractivity contribution in [3.63, 3.8) is 0 Å². The van der Waals surface area contributed by atoms with Crippen LogP contribution in [0, 0.1) is 6.92 Å². The third-order valence-electron chi connectivity index (χ3n) is 2.65. The fraction of sp³-hybridized carbons (Fsp3) is 0.286. The van der Waals surface area contributed by atoms with E-state index in [0.29, 0.717) is 23.7 Å². The molecule has 2 rings (SSSR count). The molecule has 0 fully saturated rings. The molecule has 106 valence electrons. The fourth-order valence-corrected chi connectivity index (χ4v) is 1.64. The molecule has 0 atom stereocenters. The summed E-state index contributed by atoms with van der Waals surface area (Å²) in [7, 11) is 0. The molecule has 6 nitrogen and oxygen atoms in total. The highest BCUT2D eigenvalue weighted by molar-refractivity contribution is 5.75. The molecule has 20 heavy (non-hydrogen) atoms. The number of aromatic nitrogens is 1. The molecule has 2 aromatic rings. The third-order valence-corrected chi connectivity index (χ3v) is 2.65. The summed E-state index contributed by atoms with van der Waals surface area (Å²) in [6.45, 7) is 2.43. The molecule has 1 amide bonds. The van der Waals surface area contributed by atoms with Gasteiger partial charge in [0.2, 0.25) is 5.91 Å². The number of aryl methyl sites for hydroxylation is 1. The lowest BCUT2D eigenvalue weighted by Gasteiger charge is -2.08. The van der Waals surface area contributed by atoms with Gasteiger partial charge < -0.3 is 20.3 Å². The molecule has 1 aromatic carbocycles. The van der Waals surface area contributed by atoms with E-state index in [0.717, 1.165) is 5.76 Å². The number of nitrogen functional groups attached to an aromatic ring is 1. The van der Waals surface area contributed by atoms with Gasteiger partial charge in [-0.1, -0.05) is 17.3 Å². The predicted octanol–water partition coefficient (Wildman–Crippen LogP) is 1.65. The monoisotopic (exact) mass is 275 g/mol. The van der Waals surface area contributed by atoms with Gasteiger partial charge in [0.1, 0.15) is 17.2 Å². The normalized spacial score (nSPS) is 10.2. The fourth-order valence-electron chi connectivity index (χ4n) is 1.64. The Balaban J connectivity index is 1.69. The lowest BCUT2D eigenvalue weighted by Crippen LogP contribution is -2.24. The molecule has 0 spiro atoms. The van der Waals surface area contributed by atoms with Gasteiger partial charge in [-0.25, -0.2) is 0 Å². The molecule has 0 aliphatic rings. The van der Waals surface area contributed by atoms with Crippen molar-refractivity contribution >= 4 is 11.6 Å². The molecule has 0 bridgehead atoms. The first-order valence-corrected chi connectivity index (χ1v) is 6.31. The first-order chi connectivity index (χ1) is 9.65. The highest BCUT2D eigenvalue weighted by atomic mass is 16.5. The molecule has 0 aliphatic carbocycles. The number of nitrogens with one attached hydrogen (secondary N) is 1. The second-order valence-corrected chi connectivity index (χ2v) is 4.34. The average molecular weight is 275 g/mol. The zero-order chi connectivity index (χ0) is 14.4. The minimum absolute atomic E-state index is 0.111. The van der Waals surface area contributed by atoms with Crippen LogP contribution in [-0.2, 0) is 11.3 Å². The van der Waals surface area contributed by atoms with Crippen molar-refractivity contribution in [3.05, 3.63) is 41.8 Å². The van der Waals surface area contributed by atoms with Crippen LogP contribution < -0.4 is 15.8 Å². The molecule has 0 saturated carbocycles. The number of anilines is 1. The second kappa shape index (κ2) is 6.60. The molecule has 0 unspecified atom stereocenters. The van der Waals surface area contributed by atoms with Gasteiger partial charge in [0.25, 0.3) is 0 Å². The third kappa shape index (κ3) is 4.01. The minimum Gasteiger partial charge on any atom is -0.491 e. The van der Waals surface area contributed by atoms with E-state index in [4.69, 9.17) is 15.0 Å². The summed E-state index contributed by atoms with van der Waals surface area (Å²) in [5.41, 5.74) is 6.99. The maximum absolute atomic E-state index is 11.6. The highest BCUT2D eigenvalue weighted by Gasteiger charge is 2.05. The van der Waals surface area contributed by atoms with Crippen LogP contribution in [-0.4, -0.2) is 17.7 Å². The van der Waals surface area contributed by atoms with Crippen molar-refractivity contribution in [1.82, 2.24) is 10.5 Å². The molecule has 3 N–H and O–H groups in total. The molecule has 0 aliphatic heterocycles. The Morgan fingerprint density at radius 3 is 2.95 bits per heavy atom. The Labute approximate surface area is 116 Å². The van der Waals surface area contributed by atoms with Crippen LogP contribution in [0.1, 0.15) is 17.9 Å². The van der Waals surface area contributed by atoms with Crippen LogP contribution in [0.4, 0.5) is 5.69 Å². The van der Waals surface area contributed by atoms with E-state index < -0.39 is 0 Å². The minimum atomic E-state index is -0.111. The number of nitrogens with two attached hydrogens (primary N) is 1. The summed E-state index contributed by atoms with van der Waals surface area (Å²) in [4.78, 5) is 11.6. The number of benzene rings is 1. The first-order valence-electron chi connectivity index (χ1n) is 6.31. The van der Waals surface area contributed by atoms with Gasteiger partial charge in [-0.2, -0.15) is 0 Å². The van der Waals surface area contributed by atoms with Crippen LogP contribution in [0.5, 0.6) is 5.75 Å². The number of amides is 1. The number of para-hydroxylation sites is 2. The van der Waals surface area contributed by atoms with Gasteiger partial charge in [-0.05, 0) is 19.1 Å². The van der Waals surface area contributed by atoms with Crippen molar-refractivity contribution < 1.29 is 14.1 Å². The number of carbonyl (C=O) groups is 1. The lowest BCUT2D eigenvalue weighted by molar-refractivity contribution is -0.121. The van der Waals surface area contributed by atoms with Gasteiger partial charge in [-0.15, -0.1) is 0 Å². The summed E-state index contributed by atoms with van der Waals surface area (Å²) in [6.07, 6.45) is 0.255. The SMILES string of the molecule is Cc1cc(CNC(=O)CCOc2ccccc2N)no1. The molecule has 1 aromatic heterocycles. The van der Waals surface area contributed by atoms with Crippen molar-refractivity contribution in [2.45, 2.75) is 19.9 Å². The first kappa shape index (κ1) is 13.9. The molecule has 6 heteroatoms. The number of hydrogen-bond donors (Lipinski definition) is 2. The van der Waals surface area contributed by atoms with E-state index in [1.165, 1.54) is 0 Å². The van der Waals surface area contributed by atoms with E-state index in [-0.39, 0.29) is 18.9 Å². The van der Waals surface area contributed by atoms with E-state index in [9.17, 15) is 4.79 Å². The van der Waals surface area contributed by atoms with E-state index in [1.54, 1.807) is 25.1 Å². The highest BCUT2D eigenvalue weighted by Crippen LogP contribution is 2.19. The lowest BCUT2D eigenvalue weighted by atomic mass is 10.3. The number of ether oxygens (including phenoxy) is 1. The predicted molar refractivity (Wildman–Crippen MR) is 74.1 cm³/mol. The van der Waals surface area contributed by atoms with Crippen LogP contribution in [0.3, 0.4) is 0 Å². The van der Waals surface area contributed by atoms with Crippen LogP contribution in [0.15, 0.2) is 34.9 Å². The number of rotatable bonds is 6. The van der Waals surface area contributed by atoms with Crippen molar-refractivity contribution in [1.29, 1.82) is 0 Å². The molecule has 0 radical (unpaired) electrons. The topological polar surface area (TPSA) is 90.4 Å². The largest absolute Gasteiger partial charge is 0.491 e. The maximum Gasteiger partial charge on any atom is 0.223 e. The Kier molecular flexibility index (Phi) is 4.60. The van der Waals surface area contributed by atoms with Crippen LogP contribution >= 0.6 is 0 Å². The maximum atomic E-state index is 11.6. The standard InChI is InChI=1S/C14H17N3O3/c1-10-8-11(17-20-10)9-16-14(18)6-7-19-13-5-3-2-4-12(13)15/h2-5,8H,6-7,9,15H2,1H3,(H,16,18). The van der Waals surface area contributed by atoms with Gasteiger partial charge in [0.15, 0.2) is 0 Å². The summed E-state index contributed by atoms with van der Waals surface area (Å²) in [5.74, 6) is 1.20. The second-order valence-electron chi connectivity index (χ2n) is 4.34. The number of nitrogens with zero attached hydrogens (tertiary/aromatic N) is 1. The van der Waals surface area contributed by atoms with E-state index >= 15 is 0 Å². The van der Waals surface area contributed by atoms with Gasteiger partial charge >= 0.3 is 0 Å². The van der Waals surface area contributed by atoms with Crippen molar-refractivity contribution in [2.24, 2.45) is 0 Å². The molecular weight excluding hydrogens is 258 g/mol. The van der Waals surface area contributed by atoms with Crippen molar-refractivity contribution in [3.8, 4) is 5.75 Å². The smallest absolute Gasteiger partial charge is 0.223 e. The molecule has 0 saturated heterocycles.